The first kappa shape index (κ1) is 20.3. The third-order valence-corrected chi connectivity index (χ3v) is 5.00. The zero-order valence-electron chi connectivity index (χ0n) is 17.2. The maximum Gasteiger partial charge on any atom is 0.379 e. The molecule has 0 atom stereocenters. The van der Waals surface area contributed by atoms with Crippen LogP contribution in [0.15, 0.2) is 58.3 Å². The zero-order valence-corrected chi connectivity index (χ0v) is 17.2. The third-order valence-electron chi connectivity index (χ3n) is 5.00. The van der Waals surface area contributed by atoms with Crippen molar-refractivity contribution in [3.05, 3.63) is 77.0 Å². The number of pyridine rings is 1. The minimum atomic E-state index is -0.600. The number of esters is 1. The molecule has 0 spiro atoms. The molecule has 1 aliphatic carbocycles. The number of methoxy groups -OCH3 is 1. The number of amides is 1. The number of aromatic nitrogens is 1. The van der Waals surface area contributed by atoms with Gasteiger partial charge in [-0.2, -0.15) is 5.10 Å². The van der Waals surface area contributed by atoms with Crippen LogP contribution in [0.2, 0.25) is 0 Å². The lowest BCUT2D eigenvalue weighted by Crippen LogP contribution is -2.22. The lowest BCUT2D eigenvalue weighted by molar-refractivity contribution is 0.0697. The summed E-state index contributed by atoms with van der Waals surface area (Å²) in [6.07, 6.45) is 5.17. The first-order valence-corrected chi connectivity index (χ1v) is 9.83. The Balaban J connectivity index is 1.58. The Bertz CT molecular complexity index is 1150. The fourth-order valence-corrected chi connectivity index (χ4v) is 3.55. The molecule has 0 unspecified atom stereocenters. The highest BCUT2D eigenvalue weighted by Gasteiger charge is 2.29. The molecular formula is C23H21N3O5. The largest absolute Gasteiger partial charge is 0.496 e. The Hall–Kier alpha value is -3.94. The van der Waals surface area contributed by atoms with E-state index in [0.717, 1.165) is 12.0 Å². The van der Waals surface area contributed by atoms with Gasteiger partial charge in [-0.05, 0) is 44.0 Å². The van der Waals surface area contributed by atoms with Crippen molar-refractivity contribution in [1.29, 1.82) is 0 Å². The summed E-state index contributed by atoms with van der Waals surface area (Å²) in [7, 11) is 1.51. The van der Waals surface area contributed by atoms with E-state index in [0.29, 0.717) is 46.9 Å². The van der Waals surface area contributed by atoms with Gasteiger partial charge in [0.1, 0.15) is 17.3 Å². The lowest BCUT2D eigenvalue weighted by atomic mass is 9.93. The van der Waals surface area contributed by atoms with E-state index in [9.17, 15) is 9.59 Å². The average molecular weight is 419 g/mol. The van der Waals surface area contributed by atoms with E-state index in [1.165, 1.54) is 13.3 Å². The van der Waals surface area contributed by atoms with Gasteiger partial charge in [-0.1, -0.05) is 12.1 Å². The number of carbonyl (C=O) groups excluding carboxylic acids is 2. The van der Waals surface area contributed by atoms with Gasteiger partial charge in [0.15, 0.2) is 0 Å². The van der Waals surface area contributed by atoms with Crippen LogP contribution in [0.25, 0.3) is 0 Å². The first-order valence-electron chi connectivity index (χ1n) is 9.83. The van der Waals surface area contributed by atoms with Crippen molar-refractivity contribution in [1.82, 2.24) is 10.4 Å². The van der Waals surface area contributed by atoms with E-state index in [4.69, 9.17) is 13.9 Å². The summed E-state index contributed by atoms with van der Waals surface area (Å²) >= 11 is 0. The molecule has 0 radical (unpaired) electrons. The Morgan fingerprint density at radius 2 is 2.00 bits per heavy atom. The number of furan rings is 1. The van der Waals surface area contributed by atoms with Gasteiger partial charge in [0.25, 0.3) is 5.91 Å². The van der Waals surface area contributed by atoms with E-state index < -0.39 is 5.97 Å². The summed E-state index contributed by atoms with van der Waals surface area (Å²) in [6, 6.07) is 10.2. The summed E-state index contributed by atoms with van der Waals surface area (Å²) in [5, 5.41) is 4.33. The lowest BCUT2D eigenvalue weighted by Gasteiger charge is -2.14. The summed E-state index contributed by atoms with van der Waals surface area (Å²) in [5.74, 6) is 0.599. The fourth-order valence-electron chi connectivity index (χ4n) is 3.55. The highest BCUT2D eigenvalue weighted by Crippen LogP contribution is 2.30. The van der Waals surface area contributed by atoms with Gasteiger partial charge < -0.3 is 13.9 Å². The van der Waals surface area contributed by atoms with Crippen LogP contribution >= 0.6 is 0 Å². The van der Waals surface area contributed by atoms with Gasteiger partial charge in [-0.3, -0.25) is 9.78 Å². The molecule has 0 bridgehead atoms. The maximum atomic E-state index is 12.6. The molecule has 2 aromatic heterocycles. The highest BCUT2D eigenvalue weighted by molar-refractivity contribution is 6.07. The summed E-state index contributed by atoms with van der Waals surface area (Å²) in [6.45, 7) is 1.78. The first-order chi connectivity index (χ1) is 15.1. The zero-order chi connectivity index (χ0) is 21.8. The Labute approximate surface area is 178 Å². The number of ether oxygens (including phenoxy) is 2. The van der Waals surface area contributed by atoms with E-state index >= 15 is 0 Å². The van der Waals surface area contributed by atoms with Gasteiger partial charge in [-0.25, -0.2) is 10.2 Å². The summed E-state index contributed by atoms with van der Waals surface area (Å²) in [5.41, 5.74) is 5.01. The van der Waals surface area contributed by atoms with Gasteiger partial charge in [-0.15, -0.1) is 0 Å². The van der Waals surface area contributed by atoms with E-state index in [1.54, 1.807) is 49.5 Å². The molecule has 8 heteroatoms. The van der Waals surface area contributed by atoms with Crippen LogP contribution < -0.4 is 14.9 Å². The molecule has 0 aliphatic heterocycles. The standard InChI is InChI=1S/C23H21N3O5/c1-14-20-17(25-26-22(27)16-8-3-4-10-18(16)29-2)9-5-11-19(20)31-21(14)23(28)30-15-7-6-12-24-13-15/h3-4,6-8,10,12-13H,5,9,11H2,1-2H3,(H,26,27)/b25-17+. The molecule has 4 rings (SSSR count). The van der Waals surface area contributed by atoms with Crippen LogP contribution in [0.5, 0.6) is 11.5 Å². The van der Waals surface area contributed by atoms with Crippen molar-refractivity contribution in [3.8, 4) is 11.5 Å². The average Bonchev–Trinajstić information content (AvgIpc) is 3.15. The minimum absolute atomic E-state index is 0.125. The van der Waals surface area contributed by atoms with Crippen molar-refractivity contribution < 1.29 is 23.5 Å². The number of fused-ring (bicyclic) bond motifs is 1. The van der Waals surface area contributed by atoms with Crippen LogP contribution in [-0.2, 0) is 6.42 Å². The maximum absolute atomic E-state index is 12.6. The van der Waals surface area contributed by atoms with Crippen LogP contribution in [0.1, 0.15) is 50.6 Å². The van der Waals surface area contributed by atoms with Crippen LogP contribution in [0.4, 0.5) is 0 Å². The number of para-hydroxylation sites is 1. The van der Waals surface area contributed by atoms with Gasteiger partial charge >= 0.3 is 5.97 Å². The monoisotopic (exact) mass is 419 g/mol. The van der Waals surface area contributed by atoms with Gasteiger partial charge in [0.05, 0.1) is 24.6 Å². The predicted molar refractivity (Wildman–Crippen MR) is 113 cm³/mol. The molecule has 1 N–H and O–H groups in total. The second-order valence-corrected chi connectivity index (χ2v) is 6.99. The van der Waals surface area contributed by atoms with E-state index in [-0.39, 0.29) is 11.7 Å². The van der Waals surface area contributed by atoms with E-state index in [1.807, 2.05) is 0 Å². The topological polar surface area (TPSA) is 103 Å². The van der Waals surface area contributed by atoms with Crippen LogP contribution in [0, 0.1) is 6.92 Å². The molecular weight excluding hydrogens is 398 g/mol. The normalized spacial score (nSPS) is 14.1. The molecule has 0 saturated carbocycles. The van der Waals surface area contributed by atoms with Crippen molar-refractivity contribution in [3.63, 3.8) is 0 Å². The molecule has 3 aromatic rings. The van der Waals surface area contributed by atoms with Gasteiger partial charge in [0.2, 0.25) is 5.76 Å². The molecule has 158 valence electrons. The van der Waals surface area contributed by atoms with Crippen molar-refractivity contribution >= 4 is 17.6 Å². The van der Waals surface area contributed by atoms with Crippen molar-refractivity contribution in [2.45, 2.75) is 26.2 Å². The van der Waals surface area contributed by atoms with Crippen molar-refractivity contribution in [2.75, 3.05) is 7.11 Å². The number of hydrogen-bond acceptors (Lipinski definition) is 7. The SMILES string of the molecule is COc1ccccc1C(=O)N/N=C1\CCCc2oc(C(=O)Oc3cccnc3)c(C)c21. The molecule has 2 heterocycles. The van der Waals surface area contributed by atoms with E-state index in [2.05, 4.69) is 15.5 Å². The van der Waals surface area contributed by atoms with Crippen LogP contribution in [0.3, 0.4) is 0 Å². The van der Waals surface area contributed by atoms with Crippen LogP contribution in [-0.4, -0.2) is 29.7 Å². The molecule has 8 nitrogen and oxygen atoms in total. The quantitative estimate of drug-likeness (QED) is 0.500. The smallest absolute Gasteiger partial charge is 0.379 e. The molecule has 1 aromatic carbocycles. The molecule has 31 heavy (non-hydrogen) atoms. The number of carbonyl (C=O) groups is 2. The second kappa shape index (κ2) is 8.83. The predicted octanol–water partition coefficient (Wildman–Crippen LogP) is 3.68. The number of aryl methyl sites for hydroxylation is 1. The molecule has 0 saturated heterocycles. The third kappa shape index (κ3) is 4.18. The number of hydrazone groups is 1. The number of hydrogen-bond donors (Lipinski definition) is 1. The molecule has 1 amide bonds. The molecule has 1 aliphatic rings. The Kier molecular flexibility index (Phi) is 5.79. The second-order valence-electron chi connectivity index (χ2n) is 6.99. The number of rotatable bonds is 5. The number of nitrogens with zero attached hydrogens (tertiary/aromatic N) is 2. The van der Waals surface area contributed by atoms with Crippen molar-refractivity contribution in [2.24, 2.45) is 5.10 Å². The summed E-state index contributed by atoms with van der Waals surface area (Å²) in [4.78, 5) is 29.1. The number of benzene rings is 1. The van der Waals surface area contributed by atoms with Gasteiger partial charge in [0, 0.05) is 23.7 Å². The fraction of sp³-hybridized carbons (Fsp3) is 0.217. The highest BCUT2D eigenvalue weighted by atomic mass is 16.5. The number of nitrogens with one attached hydrogen (secondary N) is 1. The Morgan fingerprint density at radius 1 is 1.16 bits per heavy atom. The molecule has 0 fully saturated rings. The Morgan fingerprint density at radius 3 is 2.77 bits per heavy atom. The minimum Gasteiger partial charge on any atom is -0.496 e. The summed E-state index contributed by atoms with van der Waals surface area (Å²) < 4.78 is 16.4.